The molecular formula is C20H21BrClN3O. The number of halogens is 2. The molecule has 2 aromatic carbocycles. The smallest absolute Gasteiger partial charge is 0.124 e. The minimum atomic E-state index is 0.453. The second kappa shape index (κ2) is 9.76. The predicted molar refractivity (Wildman–Crippen MR) is 108 cm³/mol. The topological polar surface area (TPSA) is 39.1 Å². The molecule has 0 saturated carbocycles. The molecule has 0 spiro atoms. The van der Waals surface area contributed by atoms with E-state index in [1.165, 1.54) is 0 Å². The Kier molecular flexibility index (Phi) is 7.12. The lowest BCUT2D eigenvalue weighted by molar-refractivity contribution is 0.302. The second-order valence-electron chi connectivity index (χ2n) is 5.96. The van der Waals surface area contributed by atoms with E-state index >= 15 is 0 Å². The standard InChI is InChI=1S/C20H21BrClN3O/c21-18-6-7-20(26-14-16-4-1-2-5-19(16)22)17(12-18)13-23-8-3-10-25-11-9-24-15-25/h1-2,4-7,9,11-12,15,23H,3,8,10,13-14H2. The summed E-state index contributed by atoms with van der Waals surface area (Å²) in [5.74, 6) is 0.871. The van der Waals surface area contributed by atoms with E-state index in [1.54, 1.807) is 6.20 Å². The van der Waals surface area contributed by atoms with Crippen molar-refractivity contribution < 1.29 is 4.74 Å². The van der Waals surface area contributed by atoms with E-state index in [2.05, 4.69) is 36.9 Å². The summed E-state index contributed by atoms with van der Waals surface area (Å²) < 4.78 is 9.14. The van der Waals surface area contributed by atoms with Crippen LogP contribution in [-0.4, -0.2) is 16.1 Å². The fourth-order valence-electron chi connectivity index (χ4n) is 2.63. The number of imidazole rings is 1. The van der Waals surface area contributed by atoms with Crippen LogP contribution >= 0.6 is 27.5 Å². The summed E-state index contributed by atoms with van der Waals surface area (Å²) in [5, 5.41) is 4.21. The Labute approximate surface area is 167 Å². The molecule has 6 heteroatoms. The van der Waals surface area contributed by atoms with E-state index in [0.717, 1.165) is 52.4 Å². The van der Waals surface area contributed by atoms with Gasteiger partial charge in [0.25, 0.3) is 0 Å². The lowest BCUT2D eigenvalue weighted by Gasteiger charge is -2.14. The second-order valence-corrected chi connectivity index (χ2v) is 7.29. The van der Waals surface area contributed by atoms with Crippen molar-refractivity contribution in [1.29, 1.82) is 0 Å². The zero-order chi connectivity index (χ0) is 18.2. The van der Waals surface area contributed by atoms with Gasteiger partial charge in [-0.1, -0.05) is 45.7 Å². The van der Waals surface area contributed by atoms with Crippen LogP contribution in [0.25, 0.3) is 0 Å². The number of aromatic nitrogens is 2. The molecule has 0 fully saturated rings. The lowest BCUT2D eigenvalue weighted by atomic mass is 10.2. The van der Waals surface area contributed by atoms with Crippen molar-refractivity contribution in [3.05, 3.63) is 81.8 Å². The maximum absolute atomic E-state index is 6.21. The van der Waals surface area contributed by atoms with Gasteiger partial charge < -0.3 is 14.6 Å². The Morgan fingerprint density at radius 1 is 1.15 bits per heavy atom. The van der Waals surface area contributed by atoms with Crippen molar-refractivity contribution in [1.82, 2.24) is 14.9 Å². The van der Waals surface area contributed by atoms with Gasteiger partial charge in [0, 0.05) is 46.1 Å². The molecular weight excluding hydrogens is 414 g/mol. The van der Waals surface area contributed by atoms with Gasteiger partial charge in [-0.15, -0.1) is 0 Å². The SMILES string of the molecule is Clc1ccccc1COc1ccc(Br)cc1CNCCCn1ccnc1. The third-order valence-electron chi connectivity index (χ3n) is 4.01. The average molecular weight is 435 g/mol. The summed E-state index contributed by atoms with van der Waals surface area (Å²) in [6.07, 6.45) is 6.67. The monoisotopic (exact) mass is 433 g/mol. The van der Waals surface area contributed by atoms with Crippen molar-refractivity contribution >= 4 is 27.5 Å². The van der Waals surface area contributed by atoms with Crippen molar-refractivity contribution in [3.8, 4) is 5.75 Å². The molecule has 26 heavy (non-hydrogen) atoms. The predicted octanol–water partition coefficient (Wildman–Crippen LogP) is 5.06. The first-order valence-corrected chi connectivity index (χ1v) is 9.70. The molecule has 0 unspecified atom stereocenters. The van der Waals surface area contributed by atoms with Crippen molar-refractivity contribution in [2.24, 2.45) is 0 Å². The minimum absolute atomic E-state index is 0.453. The molecule has 0 radical (unpaired) electrons. The van der Waals surface area contributed by atoms with E-state index in [0.29, 0.717) is 6.61 Å². The summed E-state index contributed by atoms with van der Waals surface area (Å²) in [6, 6.07) is 13.8. The normalized spacial score (nSPS) is 10.8. The van der Waals surface area contributed by atoms with Crippen LogP contribution in [0.4, 0.5) is 0 Å². The molecule has 0 bridgehead atoms. The Bertz CT molecular complexity index is 824. The first kappa shape index (κ1) is 19.0. The van der Waals surface area contributed by atoms with Crippen molar-refractivity contribution in [3.63, 3.8) is 0 Å². The molecule has 3 rings (SSSR count). The Hall–Kier alpha value is -1.82. The highest BCUT2D eigenvalue weighted by molar-refractivity contribution is 9.10. The zero-order valence-electron chi connectivity index (χ0n) is 14.4. The van der Waals surface area contributed by atoms with Crippen LogP contribution in [0, 0.1) is 0 Å². The lowest BCUT2D eigenvalue weighted by Crippen LogP contribution is -2.17. The number of hydrogen-bond acceptors (Lipinski definition) is 3. The molecule has 0 aliphatic carbocycles. The molecule has 0 amide bonds. The highest BCUT2D eigenvalue weighted by Crippen LogP contribution is 2.25. The van der Waals surface area contributed by atoms with Crippen LogP contribution in [0.5, 0.6) is 5.75 Å². The maximum Gasteiger partial charge on any atom is 0.124 e. The summed E-state index contributed by atoms with van der Waals surface area (Å²) in [4.78, 5) is 4.05. The molecule has 0 saturated heterocycles. The van der Waals surface area contributed by atoms with Crippen LogP contribution in [-0.2, 0) is 19.7 Å². The highest BCUT2D eigenvalue weighted by Gasteiger charge is 2.07. The van der Waals surface area contributed by atoms with E-state index in [9.17, 15) is 0 Å². The summed E-state index contributed by atoms with van der Waals surface area (Å²) in [7, 11) is 0. The van der Waals surface area contributed by atoms with Gasteiger partial charge in [-0.05, 0) is 37.2 Å². The van der Waals surface area contributed by atoms with Crippen LogP contribution in [0.15, 0.2) is 65.7 Å². The van der Waals surface area contributed by atoms with E-state index in [-0.39, 0.29) is 0 Å². The highest BCUT2D eigenvalue weighted by atomic mass is 79.9. The molecule has 0 atom stereocenters. The summed E-state index contributed by atoms with van der Waals surface area (Å²) in [6.45, 7) is 3.09. The molecule has 1 heterocycles. The number of benzene rings is 2. The van der Waals surface area contributed by atoms with Gasteiger partial charge >= 0.3 is 0 Å². The van der Waals surface area contributed by atoms with Crippen molar-refractivity contribution in [2.45, 2.75) is 26.1 Å². The van der Waals surface area contributed by atoms with Crippen LogP contribution < -0.4 is 10.1 Å². The van der Waals surface area contributed by atoms with Crippen LogP contribution in [0.1, 0.15) is 17.5 Å². The molecule has 136 valence electrons. The van der Waals surface area contributed by atoms with Crippen LogP contribution in [0.2, 0.25) is 5.02 Å². The zero-order valence-corrected chi connectivity index (χ0v) is 16.7. The maximum atomic E-state index is 6.21. The van der Waals surface area contributed by atoms with Gasteiger partial charge in [0.15, 0.2) is 0 Å². The fourth-order valence-corrected chi connectivity index (χ4v) is 3.23. The van der Waals surface area contributed by atoms with Gasteiger partial charge in [-0.25, -0.2) is 4.98 Å². The minimum Gasteiger partial charge on any atom is -0.489 e. The number of hydrogen-bond donors (Lipinski definition) is 1. The average Bonchev–Trinajstić information content (AvgIpc) is 3.15. The van der Waals surface area contributed by atoms with Crippen molar-refractivity contribution in [2.75, 3.05) is 6.54 Å². The third kappa shape index (κ3) is 5.59. The number of rotatable bonds is 9. The van der Waals surface area contributed by atoms with Gasteiger partial charge in [0.1, 0.15) is 12.4 Å². The Balaban J connectivity index is 1.53. The van der Waals surface area contributed by atoms with Gasteiger partial charge in [0.2, 0.25) is 0 Å². The molecule has 1 N–H and O–H groups in total. The molecule has 0 aliphatic heterocycles. The number of aryl methyl sites for hydroxylation is 1. The molecule has 3 aromatic rings. The van der Waals surface area contributed by atoms with E-state index < -0.39 is 0 Å². The van der Waals surface area contributed by atoms with E-state index in [4.69, 9.17) is 16.3 Å². The summed E-state index contributed by atoms with van der Waals surface area (Å²) >= 11 is 9.75. The Morgan fingerprint density at radius 3 is 2.85 bits per heavy atom. The molecule has 1 aromatic heterocycles. The van der Waals surface area contributed by atoms with E-state index in [1.807, 2.05) is 48.9 Å². The van der Waals surface area contributed by atoms with Gasteiger partial charge in [-0.2, -0.15) is 0 Å². The number of nitrogens with one attached hydrogen (secondary N) is 1. The number of ether oxygens (including phenoxy) is 1. The fraction of sp³-hybridized carbons (Fsp3) is 0.250. The quantitative estimate of drug-likeness (QED) is 0.479. The van der Waals surface area contributed by atoms with Gasteiger partial charge in [0.05, 0.1) is 6.33 Å². The molecule has 0 aliphatic rings. The van der Waals surface area contributed by atoms with Gasteiger partial charge in [-0.3, -0.25) is 0 Å². The van der Waals surface area contributed by atoms with Crippen LogP contribution in [0.3, 0.4) is 0 Å². The Morgan fingerprint density at radius 2 is 2.04 bits per heavy atom. The third-order valence-corrected chi connectivity index (χ3v) is 4.87. The largest absolute Gasteiger partial charge is 0.489 e. The summed E-state index contributed by atoms with van der Waals surface area (Å²) in [5.41, 5.74) is 2.10. The molecule has 4 nitrogen and oxygen atoms in total. The number of nitrogens with zero attached hydrogens (tertiary/aromatic N) is 2. The first-order valence-electron chi connectivity index (χ1n) is 8.53. The first-order chi connectivity index (χ1) is 12.7.